The molecule has 2 saturated heterocycles. The molecule has 0 aromatic heterocycles. The van der Waals surface area contributed by atoms with Gasteiger partial charge < -0.3 is 15.0 Å². The number of ether oxygens (including phenoxy) is 1. The van der Waals surface area contributed by atoms with E-state index >= 15 is 0 Å². The van der Waals surface area contributed by atoms with Gasteiger partial charge >= 0.3 is 6.09 Å². The molecule has 4 nitrogen and oxygen atoms in total. The van der Waals surface area contributed by atoms with Crippen LogP contribution in [0.5, 0.6) is 0 Å². The van der Waals surface area contributed by atoms with E-state index in [1.54, 1.807) is 0 Å². The van der Waals surface area contributed by atoms with Crippen molar-refractivity contribution in [3.63, 3.8) is 0 Å². The molecule has 3 atom stereocenters. The van der Waals surface area contributed by atoms with Gasteiger partial charge in [0.15, 0.2) is 0 Å². The molecule has 2 bridgehead atoms. The number of nitrogens with zero attached hydrogens (tertiary/aromatic N) is 1. The number of fused-ring (bicyclic) bond motifs is 2. The van der Waals surface area contributed by atoms with Crippen LogP contribution in [0.15, 0.2) is 0 Å². The molecule has 2 aliphatic heterocycles. The average Bonchev–Trinajstić information content (AvgIpc) is 2.60. The Bertz CT molecular complexity index is 260. The summed E-state index contributed by atoms with van der Waals surface area (Å²) in [5.41, 5.74) is -0.401. The Balaban J connectivity index is 1.80. The van der Waals surface area contributed by atoms with E-state index in [0.29, 0.717) is 12.0 Å². The lowest BCUT2D eigenvalue weighted by atomic mass is 10.0. The summed E-state index contributed by atoms with van der Waals surface area (Å²) in [6, 6.07) is 0.300. The highest BCUT2D eigenvalue weighted by Crippen LogP contribution is 2.27. The zero-order valence-corrected chi connectivity index (χ0v) is 9.75. The monoisotopic (exact) mass is 212 g/mol. The van der Waals surface area contributed by atoms with E-state index in [2.05, 4.69) is 10.2 Å². The molecule has 4 heteroatoms. The topological polar surface area (TPSA) is 41.6 Å². The summed E-state index contributed by atoms with van der Waals surface area (Å²) < 4.78 is 5.24. The smallest absolute Gasteiger partial charge is 0.407 e. The molecule has 1 N–H and O–H groups in total. The fourth-order valence-corrected chi connectivity index (χ4v) is 2.41. The van der Waals surface area contributed by atoms with E-state index in [9.17, 15) is 4.79 Å². The first-order valence-electron chi connectivity index (χ1n) is 5.66. The van der Waals surface area contributed by atoms with E-state index in [1.807, 2.05) is 20.8 Å². The van der Waals surface area contributed by atoms with Gasteiger partial charge in [0.25, 0.3) is 0 Å². The Morgan fingerprint density at radius 1 is 1.40 bits per heavy atom. The van der Waals surface area contributed by atoms with Crippen molar-refractivity contribution in [3.8, 4) is 0 Å². The lowest BCUT2D eigenvalue weighted by Gasteiger charge is -2.25. The normalized spacial score (nSPS) is 34.2. The van der Waals surface area contributed by atoms with Crippen molar-refractivity contribution in [2.24, 2.45) is 5.92 Å². The van der Waals surface area contributed by atoms with Crippen LogP contribution in [0.25, 0.3) is 0 Å². The second-order valence-electron chi connectivity index (χ2n) is 5.56. The summed E-state index contributed by atoms with van der Waals surface area (Å²) in [4.78, 5) is 13.9. The lowest BCUT2D eigenvalue weighted by molar-refractivity contribution is 0.0489. The first-order chi connectivity index (χ1) is 6.94. The van der Waals surface area contributed by atoms with Crippen LogP contribution in [0.4, 0.5) is 4.79 Å². The zero-order chi connectivity index (χ0) is 11.1. The molecule has 1 amide bonds. The second kappa shape index (κ2) is 3.67. The maximum atomic E-state index is 11.5. The van der Waals surface area contributed by atoms with Crippen molar-refractivity contribution < 1.29 is 9.53 Å². The van der Waals surface area contributed by atoms with Crippen molar-refractivity contribution in [3.05, 3.63) is 0 Å². The Morgan fingerprint density at radius 3 is 2.60 bits per heavy atom. The van der Waals surface area contributed by atoms with E-state index in [1.165, 1.54) is 13.0 Å². The van der Waals surface area contributed by atoms with Gasteiger partial charge in [0.1, 0.15) is 5.60 Å². The SMILES string of the molecule is CC(C)(C)OC(=O)N[C@@H]1CN2CC[C@H]1C2. The Morgan fingerprint density at radius 2 is 2.13 bits per heavy atom. The van der Waals surface area contributed by atoms with Crippen molar-refractivity contribution >= 4 is 6.09 Å². The minimum atomic E-state index is -0.401. The van der Waals surface area contributed by atoms with Crippen LogP contribution < -0.4 is 5.32 Å². The van der Waals surface area contributed by atoms with Crippen LogP contribution in [0.2, 0.25) is 0 Å². The first-order valence-corrected chi connectivity index (χ1v) is 5.66. The first kappa shape index (κ1) is 10.7. The molecule has 0 radical (unpaired) electrons. The number of rotatable bonds is 1. The summed E-state index contributed by atoms with van der Waals surface area (Å²) >= 11 is 0. The maximum absolute atomic E-state index is 11.5. The van der Waals surface area contributed by atoms with Crippen LogP contribution in [-0.2, 0) is 4.74 Å². The average molecular weight is 212 g/mol. The molecule has 2 aliphatic rings. The summed E-state index contributed by atoms with van der Waals surface area (Å²) in [7, 11) is 0. The van der Waals surface area contributed by atoms with Gasteiger partial charge in [-0.1, -0.05) is 0 Å². The van der Waals surface area contributed by atoms with Crippen LogP contribution in [0.1, 0.15) is 27.2 Å². The molecule has 0 spiro atoms. The van der Waals surface area contributed by atoms with Gasteiger partial charge in [0, 0.05) is 19.1 Å². The Hall–Kier alpha value is -0.770. The fourth-order valence-electron chi connectivity index (χ4n) is 2.41. The lowest BCUT2D eigenvalue weighted by Crippen LogP contribution is -2.45. The summed E-state index contributed by atoms with van der Waals surface area (Å²) in [5.74, 6) is 0.637. The number of carbonyl (C=O) groups excluding carboxylic acids is 1. The molecule has 2 rings (SSSR count). The van der Waals surface area contributed by atoms with Gasteiger partial charge in [-0.3, -0.25) is 0 Å². The third-order valence-corrected chi connectivity index (χ3v) is 3.03. The number of piperidine rings is 1. The second-order valence-corrected chi connectivity index (χ2v) is 5.56. The van der Waals surface area contributed by atoms with Crippen molar-refractivity contribution in [2.45, 2.75) is 38.8 Å². The van der Waals surface area contributed by atoms with Gasteiger partial charge in [-0.15, -0.1) is 0 Å². The van der Waals surface area contributed by atoms with Crippen LogP contribution >= 0.6 is 0 Å². The third kappa shape index (κ3) is 2.62. The van der Waals surface area contributed by atoms with Crippen molar-refractivity contribution in [2.75, 3.05) is 19.6 Å². The predicted molar refractivity (Wildman–Crippen MR) is 57.7 cm³/mol. The highest BCUT2D eigenvalue weighted by atomic mass is 16.6. The van der Waals surface area contributed by atoms with Gasteiger partial charge in [0.05, 0.1) is 0 Å². The molecule has 0 aliphatic carbocycles. The minimum Gasteiger partial charge on any atom is -0.444 e. The summed E-state index contributed by atoms with van der Waals surface area (Å²) in [5, 5.41) is 2.96. The largest absolute Gasteiger partial charge is 0.444 e. The quantitative estimate of drug-likeness (QED) is 0.710. The molecule has 86 valence electrons. The number of hydrogen-bond acceptors (Lipinski definition) is 3. The predicted octanol–water partition coefficient (Wildman–Crippen LogP) is 1.22. The van der Waals surface area contributed by atoms with Gasteiger partial charge in [-0.25, -0.2) is 4.79 Å². The number of carbonyl (C=O) groups is 1. The molecule has 1 unspecified atom stereocenters. The van der Waals surface area contributed by atoms with Crippen molar-refractivity contribution in [1.82, 2.24) is 10.2 Å². The van der Waals surface area contributed by atoms with E-state index < -0.39 is 5.60 Å². The molecule has 2 fully saturated rings. The Labute approximate surface area is 91.0 Å². The molecular weight excluding hydrogens is 192 g/mol. The van der Waals surface area contributed by atoms with Crippen LogP contribution in [-0.4, -0.2) is 42.3 Å². The van der Waals surface area contributed by atoms with Gasteiger partial charge in [-0.05, 0) is 39.7 Å². The highest BCUT2D eigenvalue weighted by Gasteiger charge is 2.39. The minimum absolute atomic E-state index is 0.277. The van der Waals surface area contributed by atoms with Gasteiger partial charge in [0.2, 0.25) is 0 Å². The molecule has 15 heavy (non-hydrogen) atoms. The summed E-state index contributed by atoms with van der Waals surface area (Å²) in [6.45, 7) is 8.98. The number of amides is 1. The fraction of sp³-hybridized carbons (Fsp3) is 0.909. The number of alkyl carbamates (subject to hydrolysis) is 1. The molecule has 0 saturated carbocycles. The van der Waals surface area contributed by atoms with E-state index in [0.717, 1.165) is 13.1 Å². The zero-order valence-electron chi connectivity index (χ0n) is 9.75. The van der Waals surface area contributed by atoms with Crippen molar-refractivity contribution in [1.29, 1.82) is 0 Å². The molecule has 0 aromatic rings. The van der Waals surface area contributed by atoms with E-state index in [4.69, 9.17) is 4.74 Å². The molecule has 2 heterocycles. The standard InChI is InChI=1S/C11H20N2O2/c1-11(2,3)15-10(14)12-9-7-13-5-4-8(9)6-13/h8-9H,4-7H2,1-3H3,(H,12,14)/t8-,9+/m0/s1. The number of nitrogens with one attached hydrogen (secondary N) is 1. The summed E-state index contributed by atoms with van der Waals surface area (Å²) in [6.07, 6.45) is 0.932. The molecule has 0 aromatic carbocycles. The third-order valence-electron chi connectivity index (χ3n) is 3.03. The highest BCUT2D eigenvalue weighted by molar-refractivity contribution is 5.68. The van der Waals surface area contributed by atoms with Gasteiger partial charge in [-0.2, -0.15) is 0 Å². The Kier molecular flexibility index (Phi) is 2.63. The molecular formula is C11H20N2O2. The van der Waals surface area contributed by atoms with Crippen LogP contribution in [0, 0.1) is 5.92 Å². The van der Waals surface area contributed by atoms with Crippen LogP contribution in [0.3, 0.4) is 0 Å². The number of hydrogen-bond donors (Lipinski definition) is 1. The van der Waals surface area contributed by atoms with E-state index in [-0.39, 0.29) is 6.09 Å². The maximum Gasteiger partial charge on any atom is 0.407 e.